The molecule has 0 saturated heterocycles. The molecule has 0 unspecified atom stereocenters. The van der Waals surface area contributed by atoms with Crippen molar-refractivity contribution < 1.29 is 49.6 Å². The van der Waals surface area contributed by atoms with Crippen molar-refractivity contribution in [1.82, 2.24) is 25.2 Å². The molecule has 2 N–H and O–H groups in total. The molecule has 3 rings (SSSR count). The number of amides is 1. The maximum atomic E-state index is 15.0. The number of nitrogens with two attached hydrogens (primary N) is 1. The molecule has 198 valence electrons. The Hall–Kier alpha value is -3.94. The number of pyridine rings is 1. The van der Waals surface area contributed by atoms with Crippen LogP contribution in [0.1, 0.15) is 15.9 Å². The SMILES string of the molecule is Cn1nnnc1Sc1c(C(N)=O)cc([N+](=O)[O-])cc1-c1ncc(C(F)(F)C(F)(F)OC(F)(F)F)cc1F. The van der Waals surface area contributed by atoms with Gasteiger partial charge < -0.3 is 5.73 Å². The van der Waals surface area contributed by atoms with Gasteiger partial charge in [0.25, 0.3) is 5.69 Å². The smallest absolute Gasteiger partial charge is 0.366 e. The van der Waals surface area contributed by atoms with E-state index in [9.17, 15) is 50.0 Å². The summed E-state index contributed by atoms with van der Waals surface area (Å²) in [5.41, 5.74) is 0.282. The molecule has 0 aliphatic carbocycles. The van der Waals surface area contributed by atoms with Gasteiger partial charge in [-0.2, -0.15) is 17.6 Å². The van der Waals surface area contributed by atoms with E-state index >= 15 is 0 Å². The van der Waals surface area contributed by atoms with Gasteiger partial charge in [-0.05, 0) is 28.3 Å². The van der Waals surface area contributed by atoms with Crippen molar-refractivity contribution in [2.45, 2.75) is 28.4 Å². The molecule has 0 aliphatic heterocycles. The first-order chi connectivity index (χ1) is 16.9. The lowest BCUT2D eigenvalue weighted by molar-refractivity contribution is -0.469. The quantitative estimate of drug-likeness (QED) is 0.247. The minimum Gasteiger partial charge on any atom is -0.366 e. The highest BCUT2D eigenvalue weighted by atomic mass is 32.2. The lowest BCUT2D eigenvalue weighted by atomic mass is 10.0. The van der Waals surface area contributed by atoms with Crippen molar-refractivity contribution in [2.75, 3.05) is 0 Å². The van der Waals surface area contributed by atoms with Crippen LogP contribution in [0.4, 0.5) is 40.8 Å². The number of carbonyl (C=O) groups is 1. The Bertz CT molecular complexity index is 1380. The number of hydrogen-bond donors (Lipinski definition) is 1. The molecule has 37 heavy (non-hydrogen) atoms. The number of primary amides is 1. The van der Waals surface area contributed by atoms with Gasteiger partial charge in [0.1, 0.15) is 11.5 Å². The van der Waals surface area contributed by atoms with E-state index in [4.69, 9.17) is 5.73 Å². The summed E-state index contributed by atoms with van der Waals surface area (Å²) >= 11 is 0.530. The van der Waals surface area contributed by atoms with Gasteiger partial charge in [-0.3, -0.25) is 19.9 Å². The van der Waals surface area contributed by atoms with Crippen molar-refractivity contribution in [3.63, 3.8) is 0 Å². The summed E-state index contributed by atoms with van der Waals surface area (Å²) in [6.45, 7) is 0. The average Bonchev–Trinajstić information content (AvgIpc) is 3.16. The van der Waals surface area contributed by atoms with E-state index < -0.39 is 63.1 Å². The molecular formula is C17H9F8N7O4S. The van der Waals surface area contributed by atoms with E-state index in [2.05, 4.69) is 25.2 Å². The summed E-state index contributed by atoms with van der Waals surface area (Å²) in [7, 11) is 1.34. The summed E-state index contributed by atoms with van der Waals surface area (Å²) in [4.78, 5) is 25.3. The molecule has 3 aromatic rings. The number of hydrogen-bond acceptors (Lipinski definition) is 9. The van der Waals surface area contributed by atoms with Crippen molar-refractivity contribution in [3.8, 4) is 11.3 Å². The van der Waals surface area contributed by atoms with Crippen molar-refractivity contribution in [3.05, 3.63) is 51.5 Å². The van der Waals surface area contributed by atoms with E-state index in [1.165, 1.54) is 7.05 Å². The fourth-order valence-corrected chi connectivity index (χ4v) is 3.74. The number of rotatable bonds is 8. The van der Waals surface area contributed by atoms with E-state index in [1.807, 2.05) is 0 Å². The van der Waals surface area contributed by atoms with Gasteiger partial charge in [0.2, 0.25) is 11.1 Å². The lowest BCUT2D eigenvalue weighted by Gasteiger charge is -2.26. The molecule has 1 aromatic carbocycles. The highest BCUT2D eigenvalue weighted by Crippen LogP contribution is 2.47. The fraction of sp³-hybridized carbons (Fsp3) is 0.235. The summed E-state index contributed by atoms with van der Waals surface area (Å²) in [6, 6.07) is 1.12. The molecule has 2 aromatic heterocycles. The molecule has 0 spiro atoms. The van der Waals surface area contributed by atoms with Crippen molar-refractivity contribution in [1.29, 1.82) is 0 Å². The second-order valence-electron chi connectivity index (χ2n) is 6.87. The highest BCUT2D eigenvalue weighted by Gasteiger charge is 2.64. The lowest BCUT2D eigenvalue weighted by Crippen LogP contribution is -2.44. The zero-order valence-electron chi connectivity index (χ0n) is 17.6. The summed E-state index contributed by atoms with van der Waals surface area (Å²) < 4.78 is 110. The fourth-order valence-electron chi connectivity index (χ4n) is 2.77. The molecule has 0 radical (unpaired) electrons. The Labute approximate surface area is 202 Å². The van der Waals surface area contributed by atoms with Gasteiger partial charge in [-0.15, -0.1) is 18.3 Å². The number of alkyl halides is 7. The van der Waals surface area contributed by atoms with Gasteiger partial charge >= 0.3 is 18.4 Å². The minimum absolute atomic E-state index is 0.0647. The van der Waals surface area contributed by atoms with E-state index in [0.29, 0.717) is 23.9 Å². The van der Waals surface area contributed by atoms with Crippen LogP contribution >= 0.6 is 11.8 Å². The van der Waals surface area contributed by atoms with Crippen LogP contribution in [0.2, 0.25) is 0 Å². The first-order valence-electron chi connectivity index (χ1n) is 9.16. The number of tetrazole rings is 1. The maximum absolute atomic E-state index is 15.0. The number of nitro groups is 1. The van der Waals surface area contributed by atoms with Crippen LogP contribution in [0.5, 0.6) is 0 Å². The summed E-state index contributed by atoms with van der Waals surface area (Å²) in [5.74, 6) is -8.80. The minimum atomic E-state index is -6.17. The van der Waals surface area contributed by atoms with Crippen LogP contribution in [-0.4, -0.2) is 48.5 Å². The second-order valence-corrected chi connectivity index (χ2v) is 7.85. The van der Waals surface area contributed by atoms with Crippen molar-refractivity contribution >= 4 is 23.4 Å². The molecule has 2 heterocycles. The van der Waals surface area contributed by atoms with Crippen LogP contribution in [0.3, 0.4) is 0 Å². The second kappa shape index (κ2) is 9.50. The molecular weight excluding hydrogens is 550 g/mol. The third kappa shape index (κ3) is 5.58. The van der Waals surface area contributed by atoms with Crippen LogP contribution in [0, 0.1) is 15.9 Å². The standard InChI is InChI=1S/C17H9F8N7O4S/c1-31-14(28-29-30-31)37-12-8(3-7(32(34)35)4-9(12)13(26)33)11-10(18)2-6(5-27-11)15(19,20)16(21,22)36-17(23,24)25/h2-5H,1H3,(H2,26,33). The van der Waals surface area contributed by atoms with Gasteiger partial charge in [-0.25, -0.2) is 13.8 Å². The number of nitrogens with zero attached hydrogens (tertiary/aromatic N) is 6. The van der Waals surface area contributed by atoms with Crippen LogP contribution < -0.4 is 5.73 Å². The summed E-state index contributed by atoms with van der Waals surface area (Å²) in [6.07, 6.45) is -12.4. The number of carbonyl (C=O) groups excluding carboxylic acids is 1. The predicted molar refractivity (Wildman–Crippen MR) is 104 cm³/mol. The molecule has 0 aliphatic rings. The van der Waals surface area contributed by atoms with E-state index in [1.54, 1.807) is 0 Å². The first-order valence-corrected chi connectivity index (χ1v) is 9.97. The molecule has 20 heteroatoms. The maximum Gasteiger partial charge on any atom is 0.527 e. The number of ether oxygens (including phenoxy) is 1. The molecule has 0 atom stereocenters. The molecule has 11 nitrogen and oxygen atoms in total. The summed E-state index contributed by atoms with van der Waals surface area (Å²) in [5, 5.41) is 21.7. The molecule has 1 amide bonds. The van der Waals surface area contributed by atoms with Crippen LogP contribution in [0.25, 0.3) is 11.3 Å². The Kier molecular flexibility index (Phi) is 7.10. The molecule has 0 fully saturated rings. The normalized spacial score (nSPS) is 12.6. The third-order valence-electron chi connectivity index (χ3n) is 4.39. The topological polar surface area (TPSA) is 152 Å². The number of halogens is 8. The zero-order chi connectivity index (χ0) is 27.9. The number of aromatic nitrogens is 5. The van der Waals surface area contributed by atoms with Gasteiger partial charge in [0.05, 0.1) is 16.1 Å². The average molecular weight is 559 g/mol. The Morgan fingerprint density at radius 3 is 2.30 bits per heavy atom. The Morgan fingerprint density at radius 1 is 1.16 bits per heavy atom. The molecule has 0 bridgehead atoms. The van der Waals surface area contributed by atoms with E-state index in [0.717, 1.165) is 4.68 Å². The van der Waals surface area contributed by atoms with Crippen molar-refractivity contribution in [2.24, 2.45) is 12.8 Å². The van der Waals surface area contributed by atoms with Crippen LogP contribution in [0.15, 0.2) is 34.4 Å². The number of benzene rings is 1. The third-order valence-corrected chi connectivity index (χ3v) is 5.57. The number of non-ortho nitro benzene ring substituents is 1. The highest BCUT2D eigenvalue weighted by molar-refractivity contribution is 7.99. The zero-order valence-corrected chi connectivity index (χ0v) is 18.5. The molecule has 0 saturated carbocycles. The Morgan fingerprint density at radius 2 is 1.81 bits per heavy atom. The number of aryl methyl sites for hydroxylation is 1. The first kappa shape index (κ1) is 27.6. The van der Waals surface area contributed by atoms with Crippen LogP contribution in [-0.2, 0) is 17.7 Å². The largest absolute Gasteiger partial charge is 0.527 e. The Balaban J connectivity index is 2.21. The van der Waals surface area contributed by atoms with Gasteiger partial charge in [0, 0.05) is 35.8 Å². The number of nitro benzene ring substituents is 1. The van der Waals surface area contributed by atoms with E-state index in [-0.39, 0.29) is 22.3 Å². The van der Waals surface area contributed by atoms with Gasteiger partial charge in [0.15, 0.2) is 0 Å². The monoisotopic (exact) mass is 559 g/mol. The van der Waals surface area contributed by atoms with Gasteiger partial charge in [-0.1, -0.05) is 0 Å². The predicted octanol–water partition coefficient (Wildman–Crippen LogP) is 3.79.